The predicted octanol–water partition coefficient (Wildman–Crippen LogP) is 2.34. The van der Waals surface area contributed by atoms with E-state index in [0.717, 1.165) is 6.07 Å². The van der Waals surface area contributed by atoms with Crippen molar-refractivity contribution in [2.24, 2.45) is 0 Å². The first-order valence-electron chi connectivity index (χ1n) is 4.07. The molecule has 1 aromatic carbocycles. The highest BCUT2D eigenvalue weighted by Gasteiger charge is 2.12. The van der Waals surface area contributed by atoms with Gasteiger partial charge in [0.1, 0.15) is 5.69 Å². The Morgan fingerprint density at radius 1 is 1.07 bits per heavy atom. The van der Waals surface area contributed by atoms with Crippen molar-refractivity contribution in [2.45, 2.75) is 0 Å². The molecule has 0 fully saturated rings. The SMILES string of the molecule is Nc1ccc(F)c(F)c1-n1cccc1. The van der Waals surface area contributed by atoms with Crippen molar-refractivity contribution in [1.29, 1.82) is 0 Å². The number of anilines is 1. The average Bonchev–Trinajstić information content (AvgIpc) is 2.65. The van der Waals surface area contributed by atoms with E-state index in [1.165, 1.54) is 10.6 Å². The van der Waals surface area contributed by atoms with Crippen molar-refractivity contribution < 1.29 is 8.78 Å². The molecule has 0 aliphatic heterocycles. The van der Waals surface area contributed by atoms with Crippen molar-refractivity contribution in [3.63, 3.8) is 0 Å². The maximum absolute atomic E-state index is 13.3. The Kier molecular flexibility index (Phi) is 1.96. The van der Waals surface area contributed by atoms with Gasteiger partial charge in [-0.15, -0.1) is 0 Å². The van der Waals surface area contributed by atoms with E-state index in [4.69, 9.17) is 5.73 Å². The Bertz CT molecular complexity index is 449. The van der Waals surface area contributed by atoms with Gasteiger partial charge in [0.2, 0.25) is 0 Å². The summed E-state index contributed by atoms with van der Waals surface area (Å²) in [7, 11) is 0. The lowest BCUT2D eigenvalue weighted by Crippen LogP contribution is -2.02. The van der Waals surface area contributed by atoms with Gasteiger partial charge in [-0.25, -0.2) is 8.78 Å². The summed E-state index contributed by atoms with van der Waals surface area (Å²) in [5, 5.41) is 0. The first-order chi connectivity index (χ1) is 6.70. The molecule has 2 rings (SSSR count). The number of nitrogens with zero attached hydrogens (tertiary/aromatic N) is 1. The Morgan fingerprint density at radius 2 is 1.71 bits per heavy atom. The molecule has 72 valence electrons. The van der Waals surface area contributed by atoms with Crippen molar-refractivity contribution in [3.05, 3.63) is 48.3 Å². The normalized spacial score (nSPS) is 10.4. The summed E-state index contributed by atoms with van der Waals surface area (Å²) in [5.41, 5.74) is 5.81. The van der Waals surface area contributed by atoms with Crippen LogP contribution in [0, 0.1) is 11.6 Å². The molecule has 4 heteroatoms. The Labute approximate surface area is 79.6 Å². The van der Waals surface area contributed by atoms with Gasteiger partial charge < -0.3 is 10.3 Å². The first kappa shape index (κ1) is 8.74. The van der Waals surface area contributed by atoms with Gasteiger partial charge in [-0.1, -0.05) is 0 Å². The molecule has 0 saturated carbocycles. The zero-order chi connectivity index (χ0) is 10.1. The molecular weight excluding hydrogens is 186 g/mol. The third-order valence-corrected chi connectivity index (χ3v) is 1.96. The van der Waals surface area contributed by atoms with Gasteiger partial charge >= 0.3 is 0 Å². The number of hydrogen-bond donors (Lipinski definition) is 1. The molecule has 0 aliphatic carbocycles. The minimum absolute atomic E-state index is 0.0509. The smallest absolute Gasteiger partial charge is 0.184 e. The van der Waals surface area contributed by atoms with Crippen LogP contribution < -0.4 is 5.73 Å². The first-order valence-corrected chi connectivity index (χ1v) is 4.07. The molecule has 0 spiro atoms. The van der Waals surface area contributed by atoms with Gasteiger partial charge in [0, 0.05) is 12.4 Å². The second-order valence-electron chi connectivity index (χ2n) is 2.89. The van der Waals surface area contributed by atoms with Crippen molar-refractivity contribution in [3.8, 4) is 5.69 Å². The molecule has 0 radical (unpaired) electrons. The Morgan fingerprint density at radius 3 is 2.36 bits per heavy atom. The topological polar surface area (TPSA) is 30.9 Å². The van der Waals surface area contributed by atoms with Gasteiger partial charge in [0.15, 0.2) is 11.6 Å². The molecule has 2 nitrogen and oxygen atoms in total. The molecule has 0 atom stereocenters. The van der Waals surface area contributed by atoms with E-state index in [1.807, 2.05) is 0 Å². The van der Waals surface area contributed by atoms with Gasteiger partial charge in [-0.2, -0.15) is 0 Å². The third-order valence-electron chi connectivity index (χ3n) is 1.96. The van der Waals surface area contributed by atoms with Crippen molar-refractivity contribution >= 4 is 5.69 Å². The third kappa shape index (κ3) is 1.25. The van der Waals surface area contributed by atoms with Crippen LogP contribution in [0.5, 0.6) is 0 Å². The number of halogens is 2. The predicted molar refractivity (Wildman–Crippen MR) is 50.1 cm³/mol. The summed E-state index contributed by atoms with van der Waals surface area (Å²) in [5.74, 6) is -1.83. The van der Waals surface area contributed by atoms with Gasteiger partial charge in [0.05, 0.1) is 5.69 Å². The molecule has 0 saturated heterocycles. The van der Waals surface area contributed by atoms with E-state index >= 15 is 0 Å². The molecular formula is C10H8F2N2. The van der Waals surface area contributed by atoms with Crippen LogP contribution in [0.4, 0.5) is 14.5 Å². The Balaban J connectivity index is 2.69. The van der Waals surface area contributed by atoms with Gasteiger partial charge in [-0.05, 0) is 24.3 Å². The number of nitrogen functional groups attached to an aromatic ring is 1. The number of hydrogen-bond acceptors (Lipinski definition) is 1. The highest BCUT2D eigenvalue weighted by Crippen LogP contribution is 2.22. The summed E-state index contributed by atoms with van der Waals surface area (Å²) < 4.78 is 27.7. The summed E-state index contributed by atoms with van der Waals surface area (Å²) >= 11 is 0. The zero-order valence-electron chi connectivity index (χ0n) is 7.24. The lowest BCUT2D eigenvalue weighted by molar-refractivity contribution is 0.505. The van der Waals surface area contributed by atoms with Crippen LogP contribution in [0.15, 0.2) is 36.7 Å². The van der Waals surface area contributed by atoms with Gasteiger partial charge in [0.25, 0.3) is 0 Å². The number of nitrogens with two attached hydrogens (primary N) is 1. The lowest BCUT2D eigenvalue weighted by Gasteiger charge is -2.08. The molecule has 0 amide bonds. The lowest BCUT2D eigenvalue weighted by atomic mass is 10.2. The van der Waals surface area contributed by atoms with Crippen LogP contribution in [0.2, 0.25) is 0 Å². The van der Waals surface area contributed by atoms with E-state index in [-0.39, 0.29) is 11.4 Å². The average molecular weight is 194 g/mol. The minimum atomic E-state index is -0.929. The highest BCUT2D eigenvalue weighted by atomic mass is 19.2. The van der Waals surface area contributed by atoms with Crippen LogP contribution in [0.3, 0.4) is 0 Å². The second-order valence-corrected chi connectivity index (χ2v) is 2.89. The van der Waals surface area contributed by atoms with Crippen LogP contribution in [-0.2, 0) is 0 Å². The summed E-state index contributed by atoms with van der Waals surface area (Å²) in [6, 6.07) is 5.78. The molecule has 2 N–H and O–H groups in total. The minimum Gasteiger partial charge on any atom is -0.397 e. The van der Waals surface area contributed by atoms with Crippen LogP contribution >= 0.6 is 0 Å². The fourth-order valence-corrected chi connectivity index (χ4v) is 1.30. The summed E-state index contributed by atoms with van der Waals surface area (Å²) in [6.45, 7) is 0. The van der Waals surface area contributed by atoms with Crippen LogP contribution in [0.25, 0.3) is 5.69 Å². The summed E-state index contributed by atoms with van der Waals surface area (Å²) in [6.07, 6.45) is 3.21. The van der Waals surface area contributed by atoms with Crippen molar-refractivity contribution in [1.82, 2.24) is 4.57 Å². The number of aromatic nitrogens is 1. The molecule has 1 heterocycles. The maximum atomic E-state index is 13.3. The monoisotopic (exact) mass is 194 g/mol. The zero-order valence-corrected chi connectivity index (χ0v) is 7.24. The van der Waals surface area contributed by atoms with Gasteiger partial charge in [-0.3, -0.25) is 0 Å². The molecule has 0 bridgehead atoms. The number of rotatable bonds is 1. The quantitative estimate of drug-likeness (QED) is 0.694. The van der Waals surface area contributed by atoms with E-state index in [2.05, 4.69) is 0 Å². The molecule has 0 aliphatic rings. The Hall–Kier alpha value is -1.84. The molecule has 14 heavy (non-hydrogen) atoms. The fourth-order valence-electron chi connectivity index (χ4n) is 1.30. The second kappa shape index (κ2) is 3.14. The largest absolute Gasteiger partial charge is 0.397 e. The van der Waals surface area contributed by atoms with E-state index in [9.17, 15) is 8.78 Å². The maximum Gasteiger partial charge on any atom is 0.184 e. The summed E-state index contributed by atoms with van der Waals surface area (Å²) in [4.78, 5) is 0. The van der Waals surface area contributed by atoms with E-state index in [1.54, 1.807) is 24.5 Å². The molecule has 1 aromatic heterocycles. The van der Waals surface area contributed by atoms with Crippen molar-refractivity contribution in [2.75, 3.05) is 5.73 Å². The standard InChI is InChI=1S/C10H8F2N2/c11-7-3-4-8(13)10(9(7)12)14-5-1-2-6-14/h1-6H,13H2. The molecule has 2 aromatic rings. The number of benzene rings is 1. The fraction of sp³-hybridized carbons (Fsp3) is 0. The van der Waals surface area contributed by atoms with Crippen LogP contribution in [0.1, 0.15) is 0 Å². The van der Waals surface area contributed by atoms with E-state index in [0.29, 0.717) is 0 Å². The van der Waals surface area contributed by atoms with E-state index < -0.39 is 11.6 Å². The molecule has 0 unspecified atom stereocenters. The van der Waals surface area contributed by atoms with Crippen LogP contribution in [-0.4, -0.2) is 4.57 Å². The highest BCUT2D eigenvalue weighted by molar-refractivity contribution is 5.58.